The van der Waals surface area contributed by atoms with Crippen LogP contribution in [0.25, 0.3) is 0 Å². The van der Waals surface area contributed by atoms with Gasteiger partial charge in [0.05, 0.1) is 17.6 Å². The highest BCUT2D eigenvalue weighted by atomic mass is 16.2. The first-order valence-electron chi connectivity index (χ1n) is 4.52. The Morgan fingerprint density at radius 1 is 1.29 bits per heavy atom. The Bertz CT molecular complexity index is 474. The van der Waals surface area contributed by atoms with Gasteiger partial charge in [0, 0.05) is 0 Å². The van der Waals surface area contributed by atoms with E-state index in [-0.39, 0.29) is 6.03 Å². The quantitative estimate of drug-likeness (QED) is 0.608. The molecule has 68 valence electrons. The van der Waals surface area contributed by atoms with Gasteiger partial charge in [0.15, 0.2) is 0 Å². The lowest BCUT2D eigenvalue weighted by atomic mass is 10.0. The molecule has 2 heterocycles. The molecule has 0 saturated heterocycles. The molecular weight excluding hydrogens is 176 g/mol. The molecular formula is C11H8N2O. The van der Waals surface area contributed by atoms with Crippen LogP contribution in [0.3, 0.4) is 0 Å². The fourth-order valence-corrected chi connectivity index (χ4v) is 1.85. The molecule has 0 bridgehead atoms. The Morgan fingerprint density at radius 2 is 2.14 bits per heavy atom. The molecule has 1 aromatic rings. The molecule has 2 aliphatic heterocycles. The average Bonchev–Trinajstić information content (AvgIpc) is 2.61. The average molecular weight is 184 g/mol. The largest absolute Gasteiger partial charge is 0.352 e. The Balaban J connectivity index is 2.19. The van der Waals surface area contributed by atoms with Gasteiger partial charge in [0.2, 0.25) is 0 Å². The van der Waals surface area contributed by atoms with Crippen LogP contribution in [0.2, 0.25) is 0 Å². The summed E-state index contributed by atoms with van der Waals surface area (Å²) in [6.07, 6.45) is 4.52. The zero-order valence-corrected chi connectivity index (χ0v) is 7.47. The molecule has 0 unspecified atom stereocenters. The van der Waals surface area contributed by atoms with E-state index < -0.39 is 0 Å². The minimum atomic E-state index is -0.191. The van der Waals surface area contributed by atoms with Gasteiger partial charge in [0.1, 0.15) is 0 Å². The lowest BCUT2D eigenvalue weighted by Gasteiger charge is -2.23. The van der Waals surface area contributed by atoms with Crippen molar-refractivity contribution in [3.63, 3.8) is 0 Å². The van der Waals surface area contributed by atoms with Crippen molar-refractivity contribution >= 4 is 17.9 Å². The van der Waals surface area contributed by atoms with Crippen LogP contribution < -0.4 is 4.90 Å². The van der Waals surface area contributed by atoms with Crippen LogP contribution in [0.15, 0.2) is 41.0 Å². The van der Waals surface area contributed by atoms with Crippen LogP contribution in [0.1, 0.15) is 5.56 Å². The lowest BCUT2D eigenvalue weighted by molar-refractivity contribution is 0.257. The van der Waals surface area contributed by atoms with Gasteiger partial charge in [-0.3, -0.25) is 4.90 Å². The molecule has 0 radical (unpaired) electrons. The Kier molecular flexibility index (Phi) is 1.36. The second kappa shape index (κ2) is 2.54. The van der Waals surface area contributed by atoms with Gasteiger partial charge in [-0.1, -0.05) is 24.3 Å². The zero-order chi connectivity index (χ0) is 9.54. The van der Waals surface area contributed by atoms with Crippen LogP contribution in [0, 0.1) is 0 Å². The van der Waals surface area contributed by atoms with E-state index in [2.05, 4.69) is 4.99 Å². The van der Waals surface area contributed by atoms with Crippen molar-refractivity contribution in [2.24, 2.45) is 4.99 Å². The predicted octanol–water partition coefficient (Wildman–Crippen LogP) is 2.14. The number of benzene rings is 1. The summed E-state index contributed by atoms with van der Waals surface area (Å²) in [7, 11) is 0. The number of para-hydroxylation sites is 1. The number of carbonyl (C=O) groups is 1. The van der Waals surface area contributed by atoms with Crippen molar-refractivity contribution in [3.05, 3.63) is 41.6 Å². The van der Waals surface area contributed by atoms with E-state index in [1.54, 1.807) is 11.1 Å². The zero-order valence-electron chi connectivity index (χ0n) is 7.47. The summed E-state index contributed by atoms with van der Waals surface area (Å²) >= 11 is 0. The third-order valence-corrected chi connectivity index (χ3v) is 2.52. The number of fused-ring (bicyclic) bond motifs is 3. The number of carbonyl (C=O) groups excluding carboxylic acids is 1. The van der Waals surface area contributed by atoms with Crippen molar-refractivity contribution in [2.75, 3.05) is 4.90 Å². The van der Waals surface area contributed by atoms with Gasteiger partial charge in [0.25, 0.3) is 0 Å². The second-order valence-corrected chi connectivity index (χ2v) is 3.34. The number of amides is 2. The summed E-state index contributed by atoms with van der Waals surface area (Å²) in [6.45, 7) is 0. The number of nitrogens with zero attached hydrogens (tertiary/aromatic N) is 2. The molecule has 0 spiro atoms. The van der Waals surface area contributed by atoms with Gasteiger partial charge in [-0.05, 0) is 18.1 Å². The second-order valence-electron chi connectivity index (χ2n) is 3.34. The third-order valence-electron chi connectivity index (χ3n) is 2.52. The Morgan fingerprint density at radius 3 is 3.07 bits per heavy atom. The van der Waals surface area contributed by atoms with E-state index in [4.69, 9.17) is 0 Å². The number of hydrogen-bond acceptors (Lipinski definition) is 1. The maximum absolute atomic E-state index is 11.5. The van der Waals surface area contributed by atoms with Crippen molar-refractivity contribution in [2.45, 2.75) is 6.42 Å². The SMILES string of the molecule is O=C1N=CC2=CCc3ccccc3N12. The van der Waals surface area contributed by atoms with E-state index in [0.717, 1.165) is 17.8 Å². The molecule has 2 aliphatic rings. The Hall–Kier alpha value is -1.90. The molecule has 2 amide bonds. The first kappa shape index (κ1) is 7.50. The first-order valence-corrected chi connectivity index (χ1v) is 4.52. The molecule has 3 rings (SSSR count). The number of aliphatic imine (C=N–C) groups is 1. The van der Waals surface area contributed by atoms with Gasteiger partial charge in [-0.15, -0.1) is 0 Å². The summed E-state index contributed by atoms with van der Waals surface area (Å²) in [4.78, 5) is 16.9. The minimum Gasteiger partial charge on any atom is -0.260 e. The standard InChI is InChI=1S/C11H8N2O/c14-11-12-7-9-6-5-8-3-1-2-4-10(8)13(9)11/h1-4,6-7H,5H2. The molecule has 0 aromatic heterocycles. The van der Waals surface area contributed by atoms with Gasteiger partial charge in [-0.25, -0.2) is 4.79 Å². The lowest BCUT2D eigenvalue weighted by Crippen LogP contribution is -2.26. The number of allylic oxidation sites excluding steroid dienone is 2. The molecule has 0 atom stereocenters. The maximum Gasteiger partial charge on any atom is 0.352 e. The van der Waals surface area contributed by atoms with Crippen molar-refractivity contribution in [1.29, 1.82) is 0 Å². The molecule has 0 saturated carbocycles. The van der Waals surface area contributed by atoms with Crippen molar-refractivity contribution < 1.29 is 4.79 Å². The predicted molar refractivity (Wildman–Crippen MR) is 54.6 cm³/mol. The monoisotopic (exact) mass is 184 g/mol. The fraction of sp³-hybridized carbons (Fsp3) is 0.0909. The number of anilines is 1. The number of hydrogen-bond donors (Lipinski definition) is 0. The van der Waals surface area contributed by atoms with E-state index in [0.29, 0.717) is 0 Å². The van der Waals surface area contributed by atoms with Crippen molar-refractivity contribution in [1.82, 2.24) is 0 Å². The van der Waals surface area contributed by atoms with Gasteiger partial charge >= 0.3 is 6.03 Å². The highest BCUT2D eigenvalue weighted by molar-refractivity contribution is 6.13. The van der Waals surface area contributed by atoms with Crippen LogP contribution >= 0.6 is 0 Å². The van der Waals surface area contributed by atoms with Crippen LogP contribution in [-0.4, -0.2) is 12.2 Å². The number of rotatable bonds is 0. The van der Waals surface area contributed by atoms with E-state index >= 15 is 0 Å². The van der Waals surface area contributed by atoms with Crippen molar-refractivity contribution in [3.8, 4) is 0 Å². The molecule has 3 nitrogen and oxygen atoms in total. The maximum atomic E-state index is 11.5. The summed E-state index contributed by atoms with van der Waals surface area (Å²) in [5.74, 6) is 0. The van der Waals surface area contributed by atoms with E-state index in [1.807, 2.05) is 30.3 Å². The smallest absolute Gasteiger partial charge is 0.260 e. The summed E-state index contributed by atoms with van der Waals surface area (Å²) in [5, 5.41) is 0. The number of urea groups is 1. The third kappa shape index (κ3) is 0.865. The molecule has 3 heteroatoms. The highest BCUT2D eigenvalue weighted by Gasteiger charge is 2.27. The summed E-state index contributed by atoms with van der Waals surface area (Å²) in [5.41, 5.74) is 3.04. The van der Waals surface area contributed by atoms with Crippen LogP contribution in [-0.2, 0) is 6.42 Å². The molecule has 0 aliphatic carbocycles. The van der Waals surface area contributed by atoms with E-state index in [9.17, 15) is 4.79 Å². The first-order chi connectivity index (χ1) is 6.86. The topological polar surface area (TPSA) is 32.7 Å². The Labute approximate surface area is 81.4 Å². The summed E-state index contributed by atoms with van der Waals surface area (Å²) in [6, 6.07) is 7.72. The fourth-order valence-electron chi connectivity index (χ4n) is 1.85. The molecule has 1 aromatic carbocycles. The normalized spacial score (nSPS) is 17.9. The van der Waals surface area contributed by atoms with Gasteiger partial charge in [-0.2, -0.15) is 4.99 Å². The van der Waals surface area contributed by atoms with Crippen LogP contribution in [0.5, 0.6) is 0 Å². The summed E-state index contributed by atoms with van der Waals surface area (Å²) < 4.78 is 0. The molecule has 0 N–H and O–H groups in total. The molecule has 14 heavy (non-hydrogen) atoms. The molecule has 0 fully saturated rings. The van der Waals surface area contributed by atoms with Crippen LogP contribution in [0.4, 0.5) is 10.5 Å². The van der Waals surface area contributed by atoms with E-state index in [1.165, 1.54) is 5.56 Å². The van der Waals surface area contributed by atoms with Gasteiger partial charge < -0.3 is 0 Å². The minimum absolute atomic E-state index is 0.191. The highest BCUT2D eigenvalue weighted by Crippen LogP contribution is 2.31.